The van der Waals surface area contributed by atoms with Gasteiger partial charge in [-0.05, 0) is 36.3 Å². The van der Waals surface area contributed by atoms with Gasteiger partial charge in [-0.25, -0.2) is 0 Å². The number of amides is 1. The Labute approximate surface area is 141 Å². The molecular weight excluding hydrogens is 306 g/mol. The second kappa shape index (κ2) is 6.38. The van der Waals surface area contributed by atoms with Gasteiger partial charge in [0.15, 0.2) is 5.11 Å². The minimum atomic E-state index is -0.106. The SMILES string of the molecule is CNC(=S)N1CC(=O)Nc2cc(C)ccc2[C@@H]1c1ccccc1. The van der Waals surface area contributed by atoms with Crippen molar-refractivity contribution in [2.45, 2.75) is 13.0 Å². The van der Waals surface area contributed by atoms with Gasteiger partial charge in [0, 0.05) is 18.3 Å². The van der Waals surface area contributed by atoms with Gasteiger partial charge in [0.25, 0.3) is 0 Å². The van der Waals surface area contributed by atoms with E-state index in [-0.39, 0.29) is 18.5 Å². The molecule has 0 unspecified atom stereocenters. The lowest BCUT2D eigenvalue weighted by Gasteiger charge is -2.32. The summed E-state index contributed by atoms with van der Waals surface area (Å²) in [4.78, 5) is 14.3. The van der Waals surface area contributed by atoms with Crippen molar-refractivity contribution in [2.75, 3.05) is 18.9 Å². The third-order valence-corrected chi connectivity index (χ3v) is 4.43. The number of carbonyl (C=O) groups is 1. The monoisotopic (exact) mass is 325 g/mol. The predicted molar refractivity (Wildman–Crippen MR) is 96.5 cm³/mol. The van der Waals surface area contributed by atoms with Gasteiger partial charge in [0.2, 0.25) is 5.91 Å². The van der Waals surface area contributed by atoms with E-state index in [1.807, 2.05) is 36.1 Å². The van der Waals surface area contributed by atoms with Crippen LogP contribution < -0.4 is 10.6 Å². The van der Waals surface area contributed by atoms with E-state index in [1.54, 1.807) is 7.05 Å². The summed E-state index contributed by atoms with van der Waals surface area (Å²) < 4.78 is 0. The normalized spacial score (nSPS) is 17.0. The quantitative estimate of drug-likeness (QED) is 0.792. The first-order valence-electron chi connectivity index (χ1n) is 7.54. The number of benzene rings is 2. The van der Waals surface area contributed by atoms with Crippen molar-refractivity contribution in [2.24, 2.45) is 0 Å². The summed E-state index contributed by atoms with van der Waals surface area (Å²) in [5.41, 5.74) is 4.11. The van der Waals surface area contributed by atoms with E-state index in [1.165, 1.54) is 0 Å². The summed E-state index contributed by atoms with van der Waals surface area (Å²) in [5.74, 6) is -0.0621. The minimum Gasteiger partial charge on any atom is -0.366 e. The number of anilines is 1. The average molecular weight is 325 g/mol. The second-order valence-electron chi connectivity index (χ2n) is 5.64. The molecule has 0 spiro atoms. The molecule has 2 aromatic carbocycles. The van der Waals surface area contributed by atoms with Gasteiger partial charge in [-0.1, -0.05) is 42.5 Å². The van der Waals surface area contributed by atoms with Gasteiger partial charge in [0.05, 0.1) is 6.04 Å². The molecular formula is C18H19N3OS. The molecule has 2 N–H and O–H groups in total. The number of aryl methyl sites for hydroxylation is 1. The third kappa shape index (κ3) is 3.05. The zero-order valence-corrected chi connectivity index (χ0v) is 14.0. The van der Waals surface area contributed by atoms with Crippen LogP contribution in [-0.4, -0.2) is 29.5 Å². The van der Waals surface area contributed by atoms with Crippen LogP contribution in [0.2, 0.25) is 0 Å². The molecule has 118 valence electrons. The highest BCUT2D eigenvalue weighted by Gasteiger charge is 2.31. The fourth-order valence-corrected chi connectivity index (χ4v) is 3.12. The summed E-state index contributed by atoms with van der Waals surface area (Å²) in [7, 11) is 1.78. The van der Waals surface area contributed by atoms with E-state index in [0.717, 1.165) is 22.4 Å². The summed E-state index contributed by atoms with van der Waals surface area (Å²) in [6.07, 6.45) is 0. The van der Waals surface area contributed by atoms with Gasteiger partial charge in [0.1, 0.15) is 6.54 Å². The zero-order valence-electron chi connectivity index (χ0n) is 13.2. The molecule has 1 aliphatic heterocycles. The molecule has 1 aliphatic rings. The molecule has 0 saturated carbocycles. The number of rotatable bonds is 1. The van der Waals surface area contributed by atoms with Gasteiger partial charge in [-0.15, -0.1) is 0 Å². The first-order valence-corrected chi connectivity index (χ1v) is 7.94. The van der Waals surface area contributed by atoms with Crippen LogP contribution in [0.15, 0.2) is 48.5 Å². The molecule has 0 bridgehead atoms. The highest BCUT2D eigenvalue weighted by Crippen LogP contribution is 2.36. The fraction of sp³-hybridized carbons (Fsp3) is 0.222. The summed E-state index contributed by atoms with van der Waals surface area (Å²) in [6, 6.07) is 16.2. The van der Waals surface area contributed by atoms with Crippen molar-refractivity contribution >= 4 is 28.9 Å². The van der Waals surface area contributed by atoms with E-state index in [0.29, 0.717) is 5.11 Å². The van der Waals surface area contributed by atoms with Crippen molar-refractivity contribution in [3.8, 4) is 0 Å². The first kappa shape index (κ1) is 15.5. The van der Waals surface area contributed by atoms with E-state index in [9.17, 15) is 4.79 Å². The number of hydrogen-bond donors (Lipinski definition) is 2. The van der Waals surface area contributed by atoms with Crippen molar-refractivity contribution in [3.05, 3.63) is 65.2 Å². The molecule has 0 aromatic heterocycles. The highest BCUT2D eigenvalue weighted by atomic mass is 32.1. The van der Waals surface area contributed by atoms with Crippen molar-refractivity contribution in [3.63, 3.8) is 0 Å². The van der Waals surface area contributed by atoms with Crippen LogP contribution in [0.3, 0.4) is 0 Å². The Balaban J connectivity index is 2.19. The third-order valence-electron chi connectivity index (χ3n) is 3.99. The van der Waals surface area contributed by atoms with Crippen LogP contribution in [0.4, 0.5) is 5.69 Å². The van der Waals surface area contributed by atoms with Gasteiger partial charge < -0.3 is 15.5 Å². The Bertz CT molecular complexity index is 745. The Morgan fingerprint density at radius 2 is 2.00 bits per heavy atom. The molecule has 0 aliphatic carbocycles. The molecule has 1 atom stereocenters. The van der Waals surface area contributed by atoms with Gasteiger partial charge >= 0.3 is 0 Å². The topological polar surface area (TPSA) is 44.4 Å². The van der Waals surface area contributed by atoms with Crippen molar-refractivity contribution in [1.82, 2.24) is 10.2 Å². The average Bonchev–Trinajstić information content (AvgIpc) is 2.70. The first-order chi connectivity index (χ1) is 11.1. The van der Waals surface area contributed by atoms with Gasteiger partial charge in [-0.3, -0.25) is 4.79 Å². The standard InChI is InChI=1S/C18H19N3OS/c1-12-8-9-14-15(10-12)20-16(22)11-21(18(23)19-2)17(14)13-6-4-3-5-7-13/h3-10,17H,11H2,1-2H3,(H,19,23)(H,20,22)/t17-/m0/s1. The maximum atomic E-state index is 12.3. The Morgan fingerprint density at radius 1 is 1.26 bits per heavy atom. The predicted octanol–water partition coefficient (Wildman–Crippen LogP) is 2.84. The van der Waals surface area contributed by atoms with E-state index >= 15 is 0 Å². The number of nitrogens with one attached hydrogen (secondary N) is 2. The van der Waals surface area contributed by atoms with Gasteiger partial charge in [-0.2, -0.15) is 0 Å². The Morgan fingerprint density at radius 3 is 2.70 bits per heavy atom. The number of fused-ring (bicyclic) bond motifs is 1. The Kier molecular flexibility index (Phi) is 4.30. The van der Waals surface area contributed by atoms with Crippen molar-refractivity contribution in [1.29, 1.82) is 0 Å². The number of carbonyl (C=O) groups excluding carboxylic acids is 1. The second-order valence-corrected chi connectivity index (χ2v) is 6.02. The fourth-order valence-electron chi connectivity index (χ4n) is 2.95. The zero-order chi connectivity index (χ0) is 16.4. The lowest BCUT2D eigenvalue weighted by molar-refractivity contribution is -0.116. The van der Waals surface area contributed by atoms with Crippen molar-refractivity contribution < 1.29 is 4.79 Å². The molecule has 23 heavy (non-hydrogen) atoms. The molecule has 0 fully saturated rings. The molecule has 1 amide bonds. The molecule has 4 nitrogen and oxygen atoms in total. The number of hydrogen-bond acceptors (Lipinski definition) is 2. The summed E-state index contributed by atoms with van der Waals surface area (Å²) in [5, 5.41) is 6.56. The van der Waals surface area contributed by atoms with Crippen LogP contribution in [0.5, 0.6) is 0 Å². The minimum absolute atomic E-state index is 0.0621. The lowest BCUT2D eigenvalue weighted by Crippen LogP contribution is -2.43. The largest absolute Gasteiger partial charge is 0.366 e. The van der Waals surface area contributed by atoms with Crippen LogP contribution in [0.25, 0.3) is 0 Å². The summed E-state index contributed by atoms with van der Waals surface area (Å²) in [6.45, 7) is 2.23. The van der Waals surface area contributed by atoms with E-state index in [2.05, 4.69) is 34.9 Å². The molecule has 2 aromatic rings. The molecule has 3 rings (SSSR count). The molecule has 0 saturated heterocycles. The Hall–Kier alpha value is -2.40. The van der Waals surface area contributed by atoms with Crippen LogP contribution in [-0.2, 0) is 4.79 Å². The van der Waals surface area contributed by atoms with Crippen LogP contribution in [0.1, 0.15) is 22.7 Å². The molecule has 1 heterocycles. The maximum absolute atomic E-state index is 12.3. The lowest BCUT2D eigenvalue weighted by atomic mass is 9.95. The number of nitrogens with zero attached hydrogens (tertiary/aromatic N) is 1. The highest BCUT2D eigenvalue weighted by molar-refractivity contribution is 7.80. The summed E-state index contributed by atoms with van der Waals surface area (Å²) >= 11 is 5.46. The maximum Gasteiger partial charge on any atom is 0.244 e. The molecule has 0 radical (unpaired) electrons. The molecule has 5 heteroatoms. The van der Waals surface area contributed by atoms with E-state index in [4.69, 9.17) is 12.2 Å². The number of thiocarbonyl (C=S) groups is 1. The van der Waals surface area contributed by atoms with Crippen LogP contribution in [0, 0.1) is 6.92 Å². The van der Waals surface area contributed by atoms with E-state index < -0.39 is 0 Å². The smallest absolute Gasteiger partial charge is 0.244 e. The van der Waals surface area contributed by atoms with Crippen LogP contribution >= 0.6 is 12.2 Å².